The van der Waals surface area contributed by atoms with Crippen LogP contribution in [0.4, 0.5) is 4.79 Å². The Morgan fingerprint density at radius 2 is 1.86 bits per heavy atom. The van der Waals surface area contributed by atoms with Gasteiger partial charge in [0.25, 0.3) is 10.0 Å². The molecule has 0 aliphatic rings. The highest BCUT2D eigenvalue weighted by molar-refractivity contribution is 7.99. The monoisotopic (exact) mass is 338 g/mol. The second-order valence-electron chi connectivity index (χ2n) is 4.57. The van der Waals surface area contributed by atoms with Crippen LogP contribution in [0.1, 0.15) is 6.92 Å². The summed E-state index contributed by atoms with van der Waals surface area (Å²) in [5, 5.41) is 4.29. The van der Waals surface area contributed by atoms with E-state index in [1.165, 1.54) is 6.07 Å². The van der Waals surface area contributed by atoms with Crippen molar-refractivity contribution in [3.63, 3.8) is 0 Å². The Balaban J connectivity index is 2.06. The number of carbonyl (C=O) groups excluding carboxylic acids is 1. The van der Waals surface area contributed by atoms with E-state index in [0.717, 1.165) is 22.3 Å². The first-order valence-corrected chi connectivity index (χ1v) is 9.54. The van der Waals surface area contributed by atoms with Crippen molar-refractivity contribution in [2.75, 3.05) is 18.1 Å². The molecule has 0 heterocycles. The predicted octanol–water partition coefficient (Wildman–Crippen LogP) is 2.58. The zero-order valence-electron chi connectivity index (χ0n) is 12.2. The second kappa shape index (κ2) is 7.51. The van der Waals surface area contributed by atoms with Crippen LogP contribution in [-0.2, 0) is 10.0 Å². The lowest BCUT2D eigenvalue weighted by molar-refractivity contribution is 0.246. The van der Waals surface area contributed by atoms with Crippen LogP contribution in [0.25, 0.3) is 10.8 Å². The van der Waals surface area contributed by atoms with Gasteiger partial charge in [0.05, 0.1) is 4.90 Å². The Kier molecular flexibility index (Phi) is 5.68. The van der Waals surface area contributed by atoms with Gasteiger partial charge < -0.3 is 5.32 Å². The highest BCUT2D eigenvalue weighted by Gasteiger charge is 2.17. The molecule has 0 aliphatic heterocycles. The third-order valence-corrected chi connectivity index (χ3v) is 5.22. The van der Waals surface area contributed by atoms with Gasteiger partial charge in [0.2, 0.25) is 0 Å². The number of hydrogen-bond donors (Lipinski definition) is 2. The lowest BCUT2D eigenvalue weighted by Gasteiger charge is -2.09. The van der Waals surface area contributed by atoms with E-state index in [9.17, 15) is 13.2 Å². The molecule has 5 nitrogen and oxygen atoms in total. The smallest absolute Gasteiger partial charge is 0.328 e. The first-order chi connectivity index (χ1) is 10.5. The van der Waals surface area contributed by atoms with Gasteiger partial charge in [-0.3, -0.25) is 0 Å². The Morgan fingerprint density at radius 1 is 1.14 bits per heavy atom. The number of fused-ring (bicyclic) bond motifs is 1. The van der Waals surface area contributed by atoms with Crippen LogP contribution >= 0.6 is 11.8 Å². The maximum absolute atomic E-state index is 12.2. The fourth-order valence-corrected chi connectivity index (χ4v) is 3.43. The van der Waals surface area contributed by atoms with Crippen molar-refractivity contribution >= 4 is 38.6 Å². The second-order valence-corrected chi connectivity index (χ2v) is 7.64. The van der Waals surface area contributed by atoms with Crippen LogP contribution in [0.2, 0.25) is 0 Å². The van der Waals surface area contributed by atoms with E-state index in [-0.39, 0.29) is 4.90 Å². The summed E-state index contributed by atoms with van der Waals surface area (Å²) in [5.41, 5.74) is 0. The molecule has 2 aromatic rings. The van der Waals surface area contributed by atoms with Crippen LogP contribution in [0, 0.1) is 0 Å². The van der Waals surface area contributed by atoms with E-state index in [4.69, 9.17) is 0 Å². The third kappa shape index (κ3) is 4.38. The minimum Gasteiger partial charge on any atom is -0.336 e. The van der Waals surface area contributed by atoms with Gasteiger partial charge in [-0.15, -0.1) is 0 Å². The number of benzene rings is 2. The summed E-state index contributed by atoms with van der Waals surface area (Å²) in [7, 11) is -3.86. The first-order valence-electron chi connectivity index (χ1n) is 6.90. The summed E-state index contributed by atoms with van der Waals surface area (Å²) in [4.78, 5) is 11.7. The van der Waals surface area contributed by atoms with Gasteiger partial charge in [-0.25, -0.2) is 17.9 Å². The van der Waals surface area contributed by atoms with Crippen molar-refractivity contribution in [1.29, 1.82) is 0 Å². The summed E-state index contributed by atoms with van der Waals surface area (Å²) in [6, 6.07) is 11.5. The molecule has 0 fully saturated rings. The molecule has 0 saturated heterocycles. The molecule has 7 heteroatoms. The Bertz CT molecular complexity index is 760. The average molecular weight is 338 g/mol. The molecular weight excluding hydrogens is 320 g/mol. The summed E-state index contributed by atoms with van der Waals surface area (Å²) in [5.74, 6) is 1.71. The van der Waals surface area contributed by atoms with E-state index in [0.29, 0.717) is 6.54 Å². The van der Waals surface area contributed by atoms with Crippen molar-refractivity contribution in [1.82, 2.24) is 10.0 Å². The molecule has 0 radical (unpaired) electrons. The number of thioether (sulfide) groups is 1. The van der Waals surface area contributed by atoms with E-state index in [1.54, 1.807) is 23.9 Å². The van der Waals surface area contributed by atoms with Gasteiger partial charge in [-0.2, -0.15) is 11.8 Å². The van der Waals surface area contributed by atoms with Gasteiger partial charge in [-0.1, -0.05) is 37.3 Å². The average Bonchev–Trinajstić information content (AvgIpc) is 2.50. The van der Waals surface area contributed by atoms with Crippen LogP contribution in [0.3, 0.4) is 0 Å². The van der Waals surface area contributed by atoms with Crippen LogP contribution in [-0.4, -0.2) is 32.5 Å². The van der Waals surface area contributed by atoms with Crippen LogP contribution in [0.15, 0.2) is 47.4 Å². The molecule has 0 bridgehead atoms. The van der Waals surface area contributed by atoms with Gasteiger partial charge in [0, 0.05) is 12.3 Å². The number of amides is 2. The zero-order chi connectivity index (χ0) is 16.0. The topological polar surface area (TPSA) is 75.3 Å². The molecule has 2 amide bonds. The Labute approximate surface area is 134 Å². The largest absolute Gasteiger partial charge is 0.336 e. The van der Waals surface area contributed by atoms with E-state index < -0.39 is 16.1 Å². The molecular formula is C15H18N2O3S2. The number of rotatable bonds is 6. The van der Waals surface area contributed by atoms with Gasteiger partial charge in [-0.05, 0) is 28.7 Å². The summed E-state index contributed by atoms with van der Waals surface area (Å²) < 4.78 is 26.4. The molecule has 0 atom stereocenters. The zero-order valence-corrected chi connectivity index (χ0v) is 13.8. The van der Waals surface area contributed by atoms with E-state index >= 15 is 0 Å². The highest BCUT2D eigenvalue weighted by atomic mass is 32.2. The van der Waals surface area contributed by atoms with Crippen molar-refractivity contribution in [3.05, 3.63) is 42.5 Å². The summed E-state index contributed by atoms with van der Waals surface area (Å²) in [6.07, 6.45) is 0. The van der Waals surface area contributed by atoms with Crippen molar-refractivity contribution in [2.24, 2.45) is 0 Å². The summed E-state index contributed by atoms with van der Waals surface area (Å²) >= 11 is 1.67. The third-order valence-electron chi connectivity index (χ3n) is 2.99. The van der Waals surface area contributed by atoms with Crippen molar-refractivity contribution in [3.8, 4) is 0 Å². The molecule has 0 unspecified atom stereocenters. The fraction of sp³-hybridized carbons (Fsp3) is 0.267. The standard InChI is InChI=1S/C15H18N2O3S2/c1-2-21-10-9-16-15(18)17-22(19,20)14-8-7-12-5-3-4-6-13(12)11-14/h3-8,11H,2,9-10H2,1H3,(H2,16,17,18). The molecule has 22 heavy (non-hydrogen) atoms. The Morgan fingerprint density at radius 3 is 2.59 bits per heavy atom. The minimum atomic E-state index is -3.86. The summed E-state index contributed by atoms with van der Waals surface area (Å²) in [6.45, 7) is 2.45. The SMILES string of the molecule is CCSCCNC(=O)NS(=O)(=O)c1ccc2ccccc2c1. The molecule has 0 saturated carbocycles. The minimum absolute atomic E-state index is 0.0734. The number of nitrogens with one attached hydrogen (secondary N) is 2. The number of hydrogen-bond acceptors (Lipinski definition) is 4. The fourth-order valence-electron chi connectivity index (χ4n) is 1.93. The highest BCUT2D eigenvalue weighted by Crippen LogP contribution is 2.18. The van der Waals surface area contributed by atoms with Gasteiger partial charge in [0.1, 0.15) is 0 Å². The molecule has 2 aromatic carbocycles. The van der Waals surface area contributed by atoms with Crippen molar-refractivity contribution in [2.45, 2.75) is 11.8 Å². The number of carbonyl (C=O) groups is 1. The molecule has 118 valence electrons. The molecule has 0 spiro atoms. The molecule has 2 N–H and O–H groups in total. The quantitative estimate of drug-likeness (QED) is 0.794. The lowest BCUT2D eigenvalue weighted by atomic mass is 10.1. The van der Waals surface area contributed by atoms with Gasteiger partial charge in [0.15, 0.2) is 0 Å². The maximum atomic E-state index is 12.2. The normalized spacial score (nSPS) is 11.3. The molecule has 0 aromatic heterocycles. The lowest BCUT2D eigenvalue weighted by Crippen LogP contribution is -2.40. The predicted molar refractivity (Wildman–Crippen MR) is 90.7 cm³/mol. The first kappa shape index (κ1) is 16.6. The van der Waals surface area contributed by atoms with Crippen LogP contribution in [0.5, 0.6) is 0 Å². The van der Waals surface area contributed by atoms with E-state index in [2.05, 4.69) is 5.32 Å². The number of sulfonamides is 1. The maximum Gasteiger partial charge on any atom is 0.328 e. The molecule has 2 rings (SSSR count). The number of urea groups is 1. The van der Waals surface area contributed by atoms with Gasteiger partial charge >= 0.3 is 6.03 Å². The van der Waals surface area contributed by atoms with Crippen LogP contribution < -0.4 is 10.0 Å². The van der Waals surface area contributed by atoms with Crippen molar-refractivity contribution < 1.29 is 13.2 Å². The molecule has 0 aliphatic carbocycles. The van der Waals surface area contributed by atoms with E-state index in [1.807, 2.05) is 35.9 Å². The Hall–Kier alpha value is -1.73.